The minimum absolute atomic E-state index is 0.0395. The Morgan fingerprint density at radius 1 is 1.20 bits per heavy atom. The molecule has 4 heteroatoms. The molecule has 0 bridgehead atoms. The van der Waals surface area contributed by atoms with E-state index in [9.17, 15) is 9.59 Å². The Bertz CT molecular complexity index is 793. The Labute approximate surface area is 153 Å². The van der Waals surface area contributed by atoms with Gasteiger partial charge in [0.05, 0.1) is 11.3 Å². The highest BCUT2D eigenvalue weighted by molar-refractivity contribution is 7.12. The Hall–Kier alpha value is -1.94. The fourth-order valence-corrected chi connectivity index (χ4v) is 4.59. The van der Waals surface area contributed by atoms with E-state index in [4.69, 9.17) is 0 Å². The number of hydrogen-bond acceptors (Lipinski definition) is 3. The van der Waals surface area contributed by atoms with Gasteiger partial charge in [-0.2, -0.15) is 0 Å². The molecular weight excluding hydrogens is 330 g/mol. The van der Waals surface area contributed by atoms with Crippen LogP contribution < -0.4 is 0 Å². The van der Waals surface area contributed by atoms with Gasteiger partial charge < -0.3 is 4.90 Å². The summed E-state index contributed by atoms with van der Waals surface area (Å²) in [6.07, 6.45) is 1.44. The molecule has 132 valence electrons. The largest absolute Gasteiger partial charge is 0.345 e. The van der Waals surface area contributed by atoms with E-state index in [1.807, 2.05) is 29.5 Å². The van der Waals surface area contributed by atoms with Gasteiger partial charge in [-0.3, -0.25) is 9.59 Å². The minimum atomic E-state index is 0.0395. The maximum atomic E-state index is 12.7. The molecule has 0 N–H and O–H groups in total. The fourth-order valence-electron chi connectivity index (χ4n) is 3.78. The van der Waals surface area contributed by atoms with Crippen LogP contribution in [-0.2, 0) is 16.6 Å². The molecule has 25 heavy (non-hydrogen) atoms. The third-order valence-corrected chi connectivity index (χ3v) is 6.61. The summed E-state index contributed by atoms with van der Waals surface area (Å²) < 4.78 is 0. The van der Waals surface area contributed by atoms with Crippen molar-refractivity contribution in [2.45, 2.75) is 39.0 Å². The molecule has 0 saturated heterocycles. The molecule has 1 fully saturated rings. The smallest absolute Gasteiger partial charge is 0.226 e. The molecule has 3 rings (SSSR count). The lowest BCUT2D eigenvalue weighted by Gasteiger charge is -2.28. The first-order valence-electron chi connectivity index (χ1n) is 8.63. The highest BCUT2D eigenvalue weighted by Gasteiger charge is 2.62. The monoisotopic (exact) mass is 355 g/mol. The zero-order chi connectivity index (χ0) is 18.2. The van der Waals surface area contributed by atoms with Gasteiger partial charge in [0.2, 0.25) is 5.91 Å². The van der Waals surface area contributed by atoms with Gasteiger partial charge in [0.15, 0.2) is 5.78 Å². The lowest BCUT2D eigenvalue weighted by Crippen LogP contribution is -2.37. The molecule has 2 aromatic rings. The average Bonchev–Trinajstić information content (AvgIpc) is 2.92. The van der Waals surface area contributed by atoms with Crippen molar-refractivity contribution >= 4 is 23.0 Å². The number of carbonyl (C=O) groups is 2. The van der Waals surface area contributed by atoms with Gasteiger partial charge in [-0.15, -0.1) is 11.3 Å². The summed E-state index contributed by atoms with van der Waals surface area (Å²) in [6.45, 7) is 6.83. The molecule has 1 heterocycles. The number of nitrogens with zero attached hydrogens (tertiary/aromatic N) is 1. The van der Waals surface area contributed by atoms with Gasteiger partial charge in [0.25, 0.3) is 0 Å². The van der Waals surface area contributed by atoms with Crippen molar-refractivity contribution in [1.29, 1.82) is 0 Å². The molecule has 1 aromatic carbocycles. The number of amides is 1. The maximum Gasteiger partial charge on any atom is 0.226 e. The maximum absolute atomic E-state index is 12.7. The second kappa shape index (κ2) is 6.41. The van der Waals surface area contributed by atoms with E-state index in [1.54, 1.807) is 6.92 Å². The predicted octanol–water partition coefficient (Wildman–Crippen LogP) is 4.32. The van der Waals surface area contributed by atoms with Gasteiger partial charge in [0, 0.05) is 19.0 Å². The van der Waals surface area contributed by atoms with Crippen LogP contribution in [0.5, 0.6) is 0 Å². The van der Waals surface area contributed by atoms with Crippen molar-refractivity contribution in [3.63, 3.8) is 0 Å². The Morgan fingerprint density at radius 3 is 2.36 bits per heavy atom. The topological polar surface area (TPSA) is 37.4 Å². The summed E-state index contributed by atoms with van der Waals surface area (Å²) in [4.78, 5) is 26.7. The van der Waals surface area contributed by atoms with Gasteiger partial charge in [0.1, 0.15) is 0 Å². The molecule has 0 aliphatic heterocycles. The van der Waals surface area contributed by atoms with Crippen LogP contribution in [-0.4, -0.2) is 30.2 Å². The van der Waals surface area contributed by atoms with E-state index < -0.39 is 0 Å². The van der Waals surface area contributed by atoms with Crippen molar-refractivity contribution in [3.8, 4) is 0 Å². The highest BCUT2D eigenvalue weighted by Crippen LogP contribution is 2.64. The number of Topliss-reactive ketones (excluding diaryl/α,β-unsaturated/α-hetero) is 1. The number of thiophene rings is 1. The van der Waals surface area contributed by atoms with Crippen LogP contribution in [0.25, 0.3) is 0 Å². The average molecular weight is 356 g/mol. The summed E-state index contributed by atoms with van der Waals surface area (Å²) in [5.41, 5.74) is 2.48. The molecular formula is C21H25NO2S. The summed E-state index contributed by atoms with van der Waals surface area (Å²) in [6, 6.07) is 12.4. The first kappa shape index (κ1) is 17.9. The van der Waals surface area contributed by atoms with Crippen molar-refractivity contribution < 1.29 is 9.59 Å². The number of carbonyl (C=O) groups excluding carboxylic acids is 2. The third kappa shape index (κ3) is 3.40. The van der Waals surface area contributed by atoms with Gasteiger partial charge in [-0.05, 0) is 41.3 Å². The standard InChI is InChI=1S/C21H25NO2S/c1-15(23)18-10-16(12-25-18)11-19(24)22(4)14-21(13-20(21,2)3)17-8-6-5-7-9-17/h5-10,12H,11,13-14H2,1-4H3/t21-/m1/s1. The van der Waals surface area contributed by atoms with Crippen LogP contribution in [0.15, 0.2) is 41.8 Å². The van der Waals surface area contributed by atoms with E-state index in [0.717, 1.165) is 23.4 Å². The van der Waals surface area contributed by atoms with Crippen LogP contribution in [0.4, 0.5) is 0 Å². The van der Waals surface area contributed by atoms with Crippen LogP contribution in [0.1, 0.15) is 48.0 Å². The second-order valence-corrected chi connectivity index (χ2v) is 8.72. The summed E-state index contributed by atoms with van der Waals surface area (Å²) in [5.74, 6) is 0.158. The highest BCUT2D eigenvalue weighted by atomic mass is 32.1. The normalized spacial score (nSPS) is 21.0. The van der Waals surface area contributed by atoms with Crippen molar-refractivity contribution in [1.82, 2.24) is 4.90 Å². The summed E-state index contributed by atoms with van der Waals surface area (Å²) in [7, 11) is 1.89. The molecule has 3 nitrogen and oxygen atoms in total. The first-order valence-corrected chi connectivity index (χ1v) is 9.51. The molecule has 1 amide bonds. The number of likely N-dealkylation sites (N-methyl/N-ethyl adjacent to an activating group) is 1. The number of hydrogen-bond donors (Lipinski definition) is 0. The Kier molecular flexibility index (Phi) is 4.58. The fraction of sp³-hybridized carbons (Fsp3) is 0.429. The van der Waals surface area contributed by atoms with Crippen LogP contribution in [0.3, 0.4) is 0 Å². The summed E-state index contributed by atoms with van der Waals surface area (Å²) in [5, 5.41) is 1.91. The van der Waals surface area contributed by atoms with E-state index in [-0.39, 0.29) is 22.5 Å². The van der Waals surface area contributed by atoms with E-state index in [1.165, 1.54) is 16.9 Å². The van der Waals surface area contributed by atoms with E-state index >= 15 is 0 Å². The molecule has 1 atom stereocenters. The van der Waals surface area contributed by atoms with Crippen LogP contribution in [0.2, 0.25) is 0 Å². The minimum Gasteiger partial charge on any atom is -0.345 e. The number of ketones is 1. The molecule has 1 aliphatic carbocycles. The third-order valence-electron chi connectivity index (χ3n) is 5.53. The molecule has 1 aliphatic rings. The second-order valence-electron chi connectivity index (χ2n) is 7.81. The van der Waals surface area contributed by atoms with Crippen LogP contribution in [0, 0.1) is 5.41 Å². The van der Waals surface area contributed by atoms with Crippen molar-refractivity contribution in [2.75, 3.05) is 13.6 Å². The lowest BCUT2D eigenvalue weighted by atomic mass is 9.87. The van der Waals surface area contributed by atoms with Crippen molar-refractivity contribution in [2.24, 2.45) is 5.41 Å². The number of benzene rings is 1. The van der Waals surface area contributed by atoms with E-state index in [0.29, 0.717) is 6.42 Å². The van der Waals surface area contributed by atoms with Gasteiger partial charge >= 0.3 is 0 Å². The lowest BCUT2D eigenvalue weighted by molar-refractivity contribution is -0.129. The van der Waals surface area contributed by atoms with Gasteiger partial charge in [-0.1, -0.05) is 44.2 Å². The Morgan fingerprint density at radius 2 is 1.84 bits per heavy atom. The number of rotatable bonds is 6. The molecule has 1 aromatic heterocycles. The SMILES string of the molecule is CC(=O)c1cc(CC(=O)N(C)C[C@@]2(c3ccccc3)CC2(C)C)cs1. The molecule has 0 spiro atoms. The van der Waals surface area contributed by atoms with Gasteiger partial charge in [-0.25, -0.2) is 0 Å². The zero-order valence-electron chi connectivity index (χ0n) is 15.3. The quantitative estimate of drug-likeness (QED) is 0.724. The molecule has 1 saturated carbocycles. The first-order chi connectivity index (χ1) is 11.7. The van der Waals surface area contributed by atoms with Crippen LogP contribution >= 0.6 is 11.3 Å². The molecule has 0 radical (unpaired) electrons. The van der Waals surface area contributed by atoms with Crippen molar-refractivity contribution in [3.05, 3.63) is 57.8 Å². The summed E-state index contributed by atoms with van der Waals surface area (Å²) >= 11 is 1.41. The van der Waals surface area contributed by atoms with E-state index in [2.05, 4.69) is 38.1 Å². The molecule has 0 unspecified atom stereocenters. The predicted molar refractivity (Wildman–Crippen MR) is 102 cm³/mol. The zero-order valence-corrected chi connectivity index (χ0v) is 16.2. The Balaban J connectivity index is 1.71.